The number of carbonyl (C=O) groups is 1. The van der Waals surface area contributed by atoms with Gasteiger partial charge in [0.2, 0.25) is 15.9 Å². The van der Waals surface area contributed by atoms with Crippen LogP contribution in [0.3, 0.4) is 0 Å². The molecular formula is C22H27N3O4S. The maximum atomic E-state index is 13.5. The van der Waals surface area contributed by atoms with E-state index >= 15 is 0 Å². The van der Waals surface area contributed by atoms with Crippen molar-refractivity contribution in [3.8, 4) is 5.75 Å². The highest BCUT2D eigenvalue weighted by molar-refractivity contribution is 7.89. The van der Waals surface area contributed by atoms with Crippen LogP contribution < -0.4 is 4.74 Å². The van der Waals surface area contributed by atoms with E-state index in [-0.39, 0.29) is 25.0 Å². The van der Waals surface area contributed by atoms with E-state index in [1.807, 2.05) is 31.7 Å². The number of pyridine rings is 1. The molecule has 3 heterocycles. The van der Waals surface area contributed by atoms with Crippen LogP contribution in [0.25, 0.3) is 0 Å². The maximum Gasteiger partial charge on any atom is 0.243 e. The standard InChI is InChI=1S/C22H27N3O4S/c1-5-29-20-10-15(3)21(11-14(20)2)30(27,28)24-8-9-25-19(13-24)17-6-7-23-16(4)18(17)12-22(25)26/h6-7,10-11,19H,5,8-9,12-13H2,1-4H3. The van der Waals surface area contributed by atoms with Gasteiger partial charge < -0.3 is 9.64 Å². The summed E-state index contributed by atoms with van der Waals surface area (Å²) in [5.74, 6) is 0.738. The van der Waals surface area contributed by atoms with Crippen LogP contribution in [0, 0.1) is 20.8 Å². The van der Waals surface area contributed by atoms with Crippen LogP contribution in [-0.4, -0.2) is 54.8 Å². The first-order chi connectivity index (χ1) is 14.2. The summed E-state index contributed by atoms with van der Waals surface area (Å²) in [7, 11) is -3.70. The molecule has 30 heavy (non-hydrogen) atoms. The largest absolute Gasteiger partial charge is 0.494 e. The van der Waals surface area contributed by atoms with Crippen molar-refractivity contribution < 1.29 is 17.9 Å². The van der Waals surface area contributed by atoms with E-state index in [4.69, 9.17) is 4.74 Å². The van der Waals surface area contributed by atoms with E-state index in [1.165, 1.54) is 4.31 Å². The Kier molecular flexibility index (Phi) is 5.32. The van der Waals surface area contributed by atoms with Crippen LogP contribution in [0.15, 0.2) is 29.3 Å². The molecule has 0 aliphatic carbocycles. The lowest BCUT2D eigenvalue weighted by Crippen LogP contribution is -2.54. The minimum Gasteiger partial charge on any atom is -0.494 e. The molecule has 2 aliphatic rings. The van der Waals surface area contributed by atoms with Gasteiger partial charge in [-0.15, -0.1) is 0 Å². The Balaban J connectivity index is 1.70. The van der Waals surface area contributed by atoms with Crippen molar-refractivity contribution in [2.75, 3.05) is 26.2 Å². The van der Waals surface area contributed by atoms with Crippen LogP contribution in [0.4, 0.5) is 0 Å². The Morgan fingerprint density at radius 1 is 1.17 bits per heavy atom. The number of rotatable bonds is 4. The molecule has 0 bridgehead atoms. The average molecular weight is 430 g/mol. The first-order valence-electron chi connectivity index (χ1n) is 10.2. The van der Waals surface area contributed by atoms with Gasteiger partial charge in [0.25, 0.3) is 0 Å². The number of carbonyl (C=O) groups excluding carboxylic acids is 1. The average Bonchev–Trinajstić information content (AvgIpc) is 2.71. The number of amides is 1. The summed E-state index contributed by atoms with van der Waals surface area (Å²) >= 11 is 0. The summed E-state index contributed by atoms with van der Waals surface area (Å²) in [5.41, 5.74) is 4.21. The molecule has 7 nitrogen and oxygen atoms in total. The second kappa shape index (κ2) is 7.67. The third kappa shape index (κ3) is 3.37. The number of aromatic nitrogens is 1. The first kappa shape index (κ1) is 20.8. The number of hydrogen-bond donors (Lipinski definition) is 0. The van der Waals surface area contributed by atoms with E-state index in [0.717, 1.165) is 22.4 Å². The van der Waals surface area contributed by atoms with Crippen molar-refractivity contribution in [1.29, 1.82) is 0 Å². The van der Waals surface area contributed by atoms with Gasteiger partial charge in [-0.2, -0.15) is 4.31 Å². The van der Waals surface area contributed by atoms with E-state index in [2.05, 4.69) is 4.98 Å². The van der Waals surface area contributed by atoms with E-state index in [9.17, 15) is 13.2 Å². The second-order valence-electron chi connectivity index (χ2n) is 7.92. The Morgan fingerprint density at radius 2 is 1.93 bits per heavy atom. The molecule has 1 unspecified atom stereocenters. The first-order valence-corrected chi connectivity index (χ1v) is 11.7. The number of fused-ring (bicyclic) bond motifs is 3. The highest BCUT2D eigenvalue weighted by Crippen LogP contribution is 2.36. The highest BCUT2D eigenvalue weighted by Gasteiger charge is 2.41. The number of aryl methyl sites for hydroxylation is 3. The molecule has 0 radical (unpaired) electrons. The Labute approximate surface area is 177 Å². The zero-order valence-electron chi connectivity index (χ0n) is 17.8. The zero-order chi connectivity index (χ0) is 21.6. The van der Waals surface area contributed by atoms with E-state index in [0.29, 0.717) is 35.8 Å². The summed E-state index contributed by atoms with van der Waals surface area (Å²) < 4.78 is 34.2. The third-order valence-corrected chi connectivity index (χ3v) is 8.06. The van der Waals surface area contributed by atoms with Gasteiger partial charge in [-0.1, -0.05) is 0 Å². The fourth-order valence-corrected chi connectivity index (χ4v) is 6.17. The van der Waals surface area contributed by atoms with Gasteiger partial charge in [-0.05, 0) is 68.1 Å². The number of hydrogen-bond acceptors (Lipinski definition) is 5. The molecule has 160 valence electrons. The maximum absolute atomic E-state index is 13.5. The summed E-state index contributed by atoms with van der Waals surface area (Å²) in [6.45, 7) is 8.89. The van der Waals surface area contributed by atoms with E-state index in [1.54, 1.807) is 25.3 Å². The molecule has 0 spiro atoms. The predicted molar refractivity (Wildman–Crippen MR) is 113 cm³/mol. The van der Waals surface area contributed by atoms with Gasteiger partial charge in [0.1, 0.15) is 5.75 Å². The predicted octanol–water partition coefficient (Wildman–Crippen LogP) is 2.54. The van der Waals surface area contributed by atoms with Crippen molar-refractivity contribution in [3.63, 3.8) is 0 Å². The molecule has 1 atom stereocenters. The SMILES string of the molecule is CCOc1cc(C)c(S(=O)(=O)N2CCN3C(=O)Cc4c(ccnc4C)C3C2)cc1C. The lowest BCUT2D eigenvalue weighted by atomic mass is 9.90. The molecule has 1 fully saturated rings. The fraction of sp³-hybridized carbons (Fsp3) is 0.455. The topological polar surface area (TPSA) is 79.8 Å². The van der Waals surface area contributed by atoms with Crippen LogP contribution >= 0.6 is 0 Å². The minimum atomic E-state index is -3.70. The Morgan fingerprint density at radius 3 is 2.67 bits per heavy atom. The molecule has 1 amide bonds. The normalized spacial score (nSPS) is 19.4. The number of sulfonamides is 1. The van der Waals surface area contributed by atoms with Crippen molar-refractivity contribution >= 4 is 15.9 Å². The summed E-state index contributed by atoms with van der Waals surface area (Å²) in [6.07, 6.45) is 2.06. The van der Waals surface area contributed by atoms with Gasteiger partial charge in [0, 0.05) is 31.5 Å². The van der Waals surface area contributed by atoms with Crippen LogP contribution in [-0.2, 0) is 21.2 Å². The molecule has 4 rings (SSSR count). The zero-order valence-corrected chi connectivity index (χ0v) is 18.6. The van der Waals surface area contributed by atoms with Gasteiger partial charge in [0.15, 0.2) is 0 Å². The van der Waals surface area contributed by atoms with Crippen molar-refractivity contribution in [1.82, 2.24) is 14.2 Å². The monoisotopic (exact) mass is 429 g/mol. The van der Waals surface area contributed by atoms with Crippen molar-refractivity contribution in [2.45, 2.75) is 45.1 Å². The number of piperazine rings is 1. The Hall–Kier alpha value is -2.45. The number of ether oxygens (including phenoxy) is 1. The number of benzene rings is 1. The highest BCUT2D eigenvalue weighted by atomic mass is 32.2. The minimum absolute atomic E-state index is 0.0359. The summed E-state index contributed by atoms with van der Waals surface area (Å²) in [4.78, 5) is 19.1. The molecule has 1 saturated heterocycles. The second-order valence-corrected chi connectivity index (χ2v) is 9.83. The quantitative estimate of drug-likeness (QED) is 0.746. The molecular weight excluding hydrogens is 402 g/mol. The van der Waals surface area contributed by atoms with Crippen LogP contribution in [0.1, 0.15) is 40.9 Å². The molecule has 1 aromatic heterocycles. The van der Waals surface area contributed by atoms with Crippen LogP contribution in [0.2, 0.25) is 0 Å². The molecule has 2 aromatic rings. The lowest BCUT2D eigenvalue weighted by Gasteiger charge is -2.44. The molecule has 0 saturated carbocycles. The third-order valence-electron chi connectivity index (χ3n) is 6.05. The molecule has 2 aliphatic heterocycles. The number of nitrogens with zero attached hydrogens (tertiary/aromatic N) is 3. The Bertz CT molecular complexity index is 1110. The van der Waals surface area contributed by atoms with Gasteiger partial charge in [-0.25, -0.2) is 8.42 Å². The summed E-state index contributed by atoms with van der Waals surface area (Å²) in [6, 6.07) is 5.11. The summed E-state index contributed by atoms with van der Waals surface area (Å²) in [5, 5.41) is 0. The van der Waals surface area contributed by atoms with Crippen molar-refractivity contribution in [2.24, 2.45) is 0 Å². The molecule has 8 heteroatoms. The van der Waals surface area contributed by atoms with Crippen molar-refractivity contribution in [3.05, 3.63) is 52.3 Å². The van der Waals surface area contributed by atoms with Gasteiger partial charge >= 0.3 is 0 Å². The molecule has 1 aromatic carbocycles. The smallest absolute Gasteiger partial charge is 0.243 e. The fourth-order valence-electron chi connectivity index (χ4n) is 4.44. The van der Waals surface area contributed by atoms with E-state index < -0.39 is 10.0 Å². The van der Waals surface area contributed by atoms with Gasteiger partial charge in [-0.3, -0.25) is 9.78 Å². The lowest BCUT2D eigenvalue weighted by molar-refractivity contribution is -0.136. The van der Waals surface area contributed by atoms with Crippen LogP contribution in [0.5, 0.6) is 5.75 Å². The van der Waals surface area contributed by atoms with Gasteiger partial charge in [0.05, 0.1) is 24.0 Å². The molecule has 0 N–H and O–H groups in total.